The number of alkyl halides is 3. The van der Waals surface area contributed by atoms with E-state index in [1.807, 2.05) is 13.8 Å². The summed E-state index contributed by atoms with van der Waals surface area (Å²) in [5, 5.41) is 3.07. The second-order valence-electron chi connectivity index (χ2n) is 9.85. The second kappa shape index (κ2) is 11.9. The molecule has 0 aliphatic carbocycles. The van der Waals surface area contributed by atoms with Gasteiger partial charge in [0.25, 0.3) is 0 Å². The van der Waals surface area contributed by atoms with Gasteiger partial charge in [-0.3, -0.25) is 4.79 Å². The van der Waals surface area contributed by atoms with Gasteiger partial charge in [0.05, 0.1) is 16.5 Å². The number of likely N-dealkylation sites (tertiary alicyclic amines) is 1. The number of hydrogen-bond acceptors (Lipinski definition) is 4. The van der Waals surface area contributed by atoms with Crippen molar-refractivity contribution in [3.8, 4) is 0 Å². The first-order valence-electron chi connectivity index (χ1n) is 11.9. The highest BCUT2D eigenvalue weighted by Crippen LogP contribution is 2.32. The molecule has 1 aromatic carbocycles. The Morgan fingerprint density at radius 1 is 1.15 bits per heavy atom. The molecule has 1 amide bonds. The minimum Gasteiger partial charge on any atom is -0.341 e. The van der Waals surface area contributed by atoms with Gasteiger partial charge in [-0.15, -0.1) is 0 Å². The summed E-state index contributed by atoms with van der Waals surface area (Å²) >= 11 is 0. The SMILES string of the molecule is CNC(CC(C)C)C(=O)N1CCC(N(CCC(C)C)S(=O)(=O)c2cccc(C(F)(F)F)c2)CC1. The second-order valence-corrected chi connectivity index (χ2v) is 11.7. The number of piperidine rings is 1. The zero-order valence-corrected chi connectivity index (χ0v) is 21.5. The Hall–Kier alpha value is -1.65. The van der Waals surface area contributed by atoms with Gasteiger partial charge in [0.1, 0.15) is 0 Å². The maximum absolute atomic E-state index is 13.5. The first kappa shape index (κ1) is 28.6. The summed E-state index contributed by atoms with van der Waals surface area (Å²) in [6.45, 7) is 9.10. The van der Waals surface area contributed by atoms with E-state index >= 15 is 0 Å². The molecular formula is C24H38F3N3O3S. The van der Waals surface area contributed by atoms with Crippen LogP contribution in [0.2, 0.25) is 0 Å². The van der Waals surface area contributed by atoms with Gasteiger partial charge >= 0.3 is 6.18 Å². The summed E-state index contributed by atoms with van der Waals surface area (Å²) < 4.78 is 67.9. The Balaban J connectivity index is 2.23. The number of nitrogens with one attached hydrogen (secondary N) is 1. The van der Waals surface area contributed by atoms with Crippen LogP contribution in [0.1, 0.15) is 58.9 Å². The van der Waals surface area contributed by atoms with Crippen LogP contribution in [0.4, 0.5) is 13.2 Å². The van der Waals surface area contributed by atoms with E-state index < -0.39 is 21.8 Å². The number of benzene rings is 1. The van der Waals surface area contributed by atoms with Crippen LogP contribution >= 0.6 is 0 Å². The Morgan fingerprint density at radius 2 is 1.76 bits per heavy atom. The summed E-state index contributed by atoms with van der Waals surface area (Å²) in [5.41, 5.74) is -0.985. The van der Waals surface area contributed by atoms with Crippen LogP contribution in [-0.2, 0) is 21.0 Å². The molecule has 1 saturated heterocycles. The Kier molecular flexibility index (Phi) is 9.97. The summed E-state index contributed by atoms with van der Waals surface area (Å²) in [6, 6.07) is 3.26. The molecule has 1 heterocycles. The largest absolute Gasteiger partial charge is 0.416 e. The number of nitrogens with zero attached hydrogens (tertiary/aromatic N) is 2. The van der Waals surface area contributed by atoms with Gasteiger partial charge in [-0.25, -0.2) is 8.42 Å². The molecule has 1 unspecified atom stereocenters. The van der Waals surface area contributed by atoms with Crippen LogP contribution in [0.15, 0.2) is 29.2 Å². The molecule has 1 N–H and O–H groups in total. The molecule has 6 nitrogen and oxygen atoms in total. The molecule has 2 rings (SSSR count). The molecule has 1 aromatic rings. The van der Waals surface area contributed by atoms with Crippen molar-refractivity contribution in [3.63, 3.8) is 0 Å². The fourth-order valence-electron chi connectivity index (χ4n) is 4.26. The topological polar surface area (TPSA) is 69.7 Å². The molecule has 1 fully saturated rings. The van der Waals surface area contributed by atoms with Gasteiger partial charge in [0.2, 0.25) is 15.9 Å². The lowest BCUT2D eigenvalue weighted by atomic mass is 9.99. The number of amides is 1. The zero-order chi connectivity index (χ0) is 25.7. The molecule has 0 bridgehead atoms. The number of carbonyl (C=O) groups excluding carboxylic acids is 1. The number of sulfonamides is 1. The minimum atomic E-state index is -4.63. The first-order valence-corrected chi connectivity index (χ1v) is 13.4. The van der Waals surface area contributed by atoms with Crippen LogP contribution in [0.25, 0.3) is 0 Å². The van der Waals surface area contributed by atoms with Gasteiger partial charge in [0, 0.05) is 25.7 Å². The fourth-order valence-corrected chi connectivity index (χ4v) is 6.01. The molecular weight excluding hydrogens is 467 g/mol. The van der Waals surface area contributed by atoms with Crippen molar-refractivity contribution in [3.05, 3.63) is 29.8 Å². The summed E-state index contributed by atoms with van der Waals surface area (Å²) in [6.07, 6.45) is -2.44. The van der Waals surface area contributed by atoms with Crippen LogP contribution in [-0.4, -0.2) is 62.3 Å². The van der Waals surface area contributed by atoms with Crippen molar-refractivity contribution in [2.24, 2.45) is 11.8 Å². The lowest BCUT2D eigenvalue weighted by Gasteiger charge is -2.39. The number of halogens is 3. The molecule has 0 radical (unpaired) electrons. The number of carbonyl (C=O) groups is 1. The summed E-state index contributed by atoms with van der Waals surface area (Å²) in [5.74, 6) is 0.584. The molecule has 10 heteroatoms. The molecule has 1 atom stereocenters. The maximum atomic E-state index is 13.5. The van der Waals surface area contributed by atoms with Gasteiger partial charge in [-0.05, 0) is 62.8 Å². The smallest absolute Gasteiger partial charge is 0.341 e. The van der Waals surface area contributed by atoms with Crippen molar-refractivity contribution in [2.45, 2.75) is 76.5 Å². The molecule has 0 saturated carbocycles. The third-order valence-corrected chi connectivity index (χ3v) is 8.18. The van der Waals surface area contributed by atoms with Crippen LogP contribution in [0, 0.1) is 11.8 Å². The molecule has 194 valence electrons. The lowest BCUT2D eigenvalue weighted by molar-refractivity contribution is -0.137. The highest BCUT2D eigenvalue weighted by atomic mass is 32.2. The van der Waals surface area contributed by atoms with E-state index in [0.717, 1.165) is 12.1 Å². The van der Waals surface area contributed by atoms with Gasteiger partial charge in [-0.2, -0.15) is 17.5 Å². The van der Waals surface area contributed by atoms with Crippen LogP contribution in [0.3, 0.4) is 0 Å². The summed E-state index contributed by atoms with van der Waals surface area (Å²) in [7, 11) is -2.38. The van der Waals surface area contributed by atoms with Gasteiger partial charge < -0.3 is 10.2 Å². The van der Waals surface area contributed by atoms with E-state index in [1.165, 1.54) is 10.4 Å². The van der Waals surface area contributed by atoms with Crippen molar-refractivity contribution in [2.75, 3.05) is 26.7 Å². The standard InChI is InChI=1S/C24H38F3N3O3S/c1-17(2)9-14-30(34(32,33)21-8-6-7-19(16-21)24(25,26)27)20-10-12-29(13-11-20)23(31)22(28-5)15-18(3)4/h6-8,16-18,20,22,28H,9-15H2,1-5H3. The monoisotopic (exact) mass is 505 g/mol. The van der Waals surface area contributed by atoms with E-state index in [4.69, 9.17) is 0 Å². The zero-order valence-electron chi connectivity index (χ0n) is 20.7. The normalized spacial score (nSPS) is 17.1. The quantitative estimate of drug-likeness (QED) is 0.513. The van der Waals surface area contributed by atoms with E-state index in [-0.39, 0.29) is 35.3 Å². The third kappa shape index (κ3) is 7.42. The predicted octanol–water partition coefficient (Wildman–Crippen LogP) is 4.37. The predicted molar refractivity (Wildman–Crippen MR) is 127 cm³/mol. The Morgan fingerprint density at radius 3 is 2.26 bits per heavy atom. The van der Waals surface area contributed by atoms with Crippen molar-refractivity contribution in [1.82, 2.24) is 14.5 Å². The minimum absolute atomic E-state index is 0.00381. The van der Waals surface area contributed by atoms with E-state index in [9.17, 15) is 26.4 Å². The molecule has 1 aliphatic heterocycles. The summed E-state index contributed by atoms with van der Waals surface area (Å²) in [4.78, 5) is 14.3. The van der Waals surface area contributed by atoms with E-state index in [0.29, 0.717) is 50.8 Å². The maximum Gasteiger partial charge on any atom is 0.416 e. The molecule has 1 aliphatic rings. The van der Waals surface area contributed by atoms with Gasteiger partial charge in [-0.1, -0.05) is 33.8 Å². The molecule has 0 aromatic heterocycles. The Labute approximate surface area is 201 Å². The van der Waals surface area contributed by atoms with E-state index in [1.54, 1.807) is 11.9 Å². The Bertz CT molecular complexity index is 912. The lowest BCUT2D eigenvalue weighted by Crippen LogP contribution is -2.53. The van der Waals surface area contributed by atoms with Crippen molar-refractivity contribution < 1.29 is 26.4 Å². The number of rotatable bonds is 10. The van der Waals surface area contributed by atoms with Crippen LogP contribution in [0.5, 0.6) is 0 Å². The van der Waals surface area contributed by atoms with Crippen molar-refractivity contribution >= 4 is 15.9 Å². The van der Waals surface area contributed by atoms with Crippen molar-refractivity contribution in [1.29, 1.82) is 0 Å². The van der Waals surface area contributed by atoms with Gasteiger partial charge in [0.15, 0.2) is 0 Å². The number of hydrogen-bond donors (Lipinski definition) is 1. The highest BCUT2D eigenvalue weighted by Gasteiger charge is 2.37. The molecule has 0 spiro atoms. The molecule has 34 heavy (non-hydrogen) atoms. The fraction of sp³-hybridized carbons (Fsp3) is 0.708. The first-order chi connectivity index (χ1) is 15.8. The third-order valence-electron chi connectivity index (χ3n) is 6.23. The highest BCUT2D eigenvalue weighted by molar-refractivity contribution is 7.89. The van der Waals surface area contributed by atoms with E-state index in [2.05, 4.69) is 19.2 Å². The number of likely N-dealkylation sites (N-methyl/N-ethyl adjacent to an activating group) is 1. The average Bonchev–Trinajstić information content (AvgIpc) is 2.76. The van der Waals surface area contributed by atoms with Crippen LogP contribution < -0.4 is 5.32 Å². The average molecular weight is 506 g/mol.